The molecule has 0 aliphatic heterocycles. The van der Waals surface area contributed by atoms with Gasteiger partial charge in [0.25, 0.3) is 0 Å². The molecule has 26 heavy (non-hydrogen) atoms. The predicted octanol–water partition coefficient (Wildman–Crippen LogP) is 4.31. The van der Waals surface area contributed by atoms with Crippen molar-refractivity contribution in [3.63, 3.8) is 0 Å². The van der Waals surface area contributed by atoms with Crippen LogP contribution in [0.15, 0.2) is 54.7 Å². The number of carbonyl (C=O) groups excluding carboxylic acids is 1. The van der Waals surface area contributed by atoms with Crippen LogP contribution >= 0.6 is 0 Å². The standard InChI is InChI=1S/C21H23N3O2/c1-3-26-19-10-9-18(14-15(19)2)24-21(25)23-13-11-17-7-4-6-16-8-5-12-22-20(16)17/h4-10,12,14H,3,11,13H2,1-2H3,(H2,23,24,25). The molecule has 0 radical (unpaired) electrons. The molecule has 0 aliphatic carbocycles. The molecule has 2 N–H and O–H groups in total. The second-order valence-corrected chi connectivity index (χ2v) is 6.04. The molecule has 134 valence electrons. The molecule has 0 saturated carbocycles. The van der Waals surface area contributed by atoms with E-state index in [-0.39, 0.29) is 6.03 Å². The highest BCUT2D eigenvalue weighted by molar-refractivity contribution is 5.89. The fraction of sp³-hybridized carbons (Fsp3) is 0.238. The molecule has 0 atom stereocenters. The molecule has 0 saturated heterocycles. The smallest absolute Gasteiger partial charge is 0.319 e. The third-order valence-corrected chi connectivity index (χ3v) is 4.13. The zero-order valence-corrected chi connectivity index (χ0v) is 15.1. The summed E-state index contributed by atoms with van der Waals surface area (Å²) in [5.41, 5.74) is 3.85. The number of anilines is 1. The number of fused-ring (bicyclic) bond motifs is 1. The molecule has 0 unspecified atom stereocenters. The van der Waals surface area contributed by atoms with E-state index in [9.17, 15) is 4.79 Å². The Morgan fingerprint density at radius 3 is 2.81 bits per heavy atom. The van der Waals surface area contributed by atoms with Gasteiger partial charge in [0.1, 0.15) is 5.75 Å². The lowest BCUT2D eigenvalue weighted by Crippen LogP contribution is -2.30. The van der Waals surface area contributed by atoms with Gasteiger partial charge in [0, 0.05) is 23.8 Å². The number of nitrogens with zero attached hydrogens (tertiary/aromatic N) is 1. The highest BCUT2D eigenvalue weighted by atomic mass is 16.5. The Hall–Kier alpha value is -3.08. The van der Waals surface area contributed by atoms with Crippen molar-refractivity contribution in [2.24, 2.45) is 0 Å². The van der Waals surface area contributed by atoms with Gasteiger partial charge in [-0.25, -0.2) is 4.79 Å². The maximum Gasteiger partial charge on any atom is 0.319 e. The minimum absolute atomic E-state index is 0.221. The summed E-state index contributed by atoms with van der Waals surface area (Å²) >= 11 is 0. The van der Waals surface area contributed by atoms with Crippen LogP contribution in [0.4, 0.5) is 10.5 Å². The molecule has 0 fully saturated rings. The molecule has 3 aromatic rings. The van der Waals surface area contributed by atoms with Crippen molar-refractivity contribution in [1.82, 2.24) is 10.3 Å². The summed E-state index contributed by atoms with van der Waals surface area (Å²) in [6.45, 7) is 5.07. The molecule has 3 rings (SSSR count). The van der Waals surface area contributed by atoms with Gasteiger partial charge in [-0.3, -0.25) is 4.98 Å². The first-order valence-electron chi connectivity index (χ1n) is 8.78. The quantitative estimate of drug-likeness (QED) is 0.697. The molecule has 5 heteroatoms. The number of hydrogen-bond acceptors (Lipinski definition) is 3. The fourth-order valence-electron chi connectivity index (χ4n) is 2.90. The largest absolute Gasteiger partial charge is 0.494 e. The normalized spacial score (nSPS) is 10.5. The van der Waals surface area contributed by atoms with E-state index in [1.807, 2.05) is 62.4 Å². The van der Waals surface area contributed by atoms with Crippen LogP contribution in [0.25, 0.3) is 10.9 Å². The monoisotopic (exact) mass is 349 g/mol. The van der Waals surface area contributed by atoms with Crippen molar-refractivity contribution in [2.75, 3.05) is 18.5 Å². The Kier molecular flexibility index (Phi) is 5.69. The number of aromatic nitrogens is 1. The number of benzene rings is 2. The van der Waals surface area contributed by atoms with Gasteiger partial charge < -0.3 is 15.4 Å². The number of ether oxygens (including phenoxy) is 1. The van der Waals surface area contributed by atoms with E-state index in [1.165, 1.54) is 0 Å². The summed E-state index contributed by atoms with van der Waals surface area (Å²) in [6.07, 6.45) is 2.52. The molecule has 1 heterocycles. The number of rotatable bonds is 6. The number of urea groups is 1. The van der Waals surface area contributed by atoms with Crippen LogP contribution in [0.3, 0.4) is 0 Å². The minimum atomic E-state index is -0.221. The predicted molar refractivity (Wildman–Crippen MR) is 105 cm³/mol. The number of nitrogens with one attached hydrogen (secondary N) is 2. The number of amides is 2. The maximum atomic E-state index is 12.1. The third-order valence-electron chi connectivity index (χ3n) is 4.13. The Morgan fingerprint density at radius 2 is 2.00 bits per heavy atom. The molecule has 2 amide bonds. The van der Waals surface area contributed by atoms with Gasteiger partial charge in [-0.15, -0.1) is 0 Å². The van der Waals surface area contributed by atoms with Crippen molar-refractivity contribution in [2.45, 2.75) is 20.3 Å². The molecular formula is C21H23N3O2. The van der Waals surface area contributed by atoms with Gasteiger partial charge in [-0.05, 0) is 55.7 Å². The number of pyridine rings is 1. The maximum absolute atomic E-state index is 12.1. The summed E-state index contributed by atoms with van der Waals surface area (Å²) < 4.78 is 5.51. The Morgan fingerprint density at radius 1 is 1.15 bits per heavy atom. The fourth-order valence-corrected chi connectivity index (χ4v) is 2.90. The van der Waals surface area contributed by atoms with Crippen molar-refractivity contribution >= 4 is 22.6 Å². The summed E-state index contributed by atoms with van der Waals surface area (Å²) in [5.74, 6) is 0.835. The first kappa shape index (κ1) is 17.7. The molecule has 1 aromatic heterocycles. The SMILES string of the molecule is CCOc1ccc(NC(=O)NCCc2cccc3cccnc23)cc1C. The van der Waals surface area contributed by atoms with E-state index in [2.05, 4.69) is 15.6 Å². The second kappa shape index (κ2) is 8.34. The summed E-state index contributed by atoms with van der Waals surface area (Å²) in [7, 11) is 0. The molecule has 0 bridgehead atoms. The van der Waals surface area contributed by atoms with E-state index in [1.54, 1.807) is 6.20 Å². The van der Waals surface area contributed by atoms with Gasteiger partial charge in [-0.2, -0.15) is 0 Å². The van der Waals surface area contributed by atoms with Crippen LogP contribution in [0.2, 0.25) is 0 Å². The van der Waals surface area contributed by atoms with Crippen LogP contribution in [0, 0.1) is 6.92 Å². The van der Waals surface area contributed by atoms with Gasteiger partial charge in [0.2, 0.25) is 0 Å². The summed E-state index contributed by atoms with van der Waals surface area (Å²) in [5, 5.41) is 6.86. The lowest BCUT2D eigenvalue weighted by Gasteiger charge is -2.11. The Bertz CT molecular complexity index is 903. The lowest BCUT2D eigenvalue weighted by molar-refractivity contribution is 0.252. The van der Waals surface area contributed by atoms with Crippen molar-refractivity contribution in [3.8, 4) is 5.75 Å². The molecule has 2 aromatic carbocycles. The molecule has 0 spiro atoms. The van der Waals surface area contributed by atoms with Gasteiger partial charge >= 0.3 is 6.03 Å². The molecular weight excluding hydrogens is 326 g/mol. The van der Waals surface area contributed by atoms with Crippen molar-refractivity contribution in [3.05, 3.63) is 65.9 Å². The zero-order chi connectivity index (χ0) is 18.4. The highest BCUT2D eigenvalue weighted by Gasteiger charge is 2.06. The lowest BCUT2D eigenvalue weighted by atomic mass is 10.1. The number of para-hydroxylation sites is 1. The van der Waals surface area contributed by atoms with E-state index in [0.29, 0.717) is 13.2 Å². The van der Waals surface area contributed by atoms with E-state index < -0.39 is 0 Å². The van der Waals surface area contributed by atoms with E-state index in [4.69, 9.17) is 4.74 Å². The van der Waals surface area contributed by atoms with Gasteiger partial charge in [0.05, 0.1) is 12.1 Å². The summed E-state index contributed by atoms with van der Waals surface area (Å²) in [4.78, 5) is 16.6. The minimum Gasteiger partial charge on any atom is -0.494 e. The van der Waals surface area contributed by atoms with Gasteiger partial charge in [0.15, 0.2) is 0 Å². The second-order valence-electron chi connectivity index (χ2n) is 6.04. The van der Waals surface area contributed by atoms with Crippen LogP contribution in [-0.2, 0) is 6.42 Å². The van der Waals surface area contributed by atoms with Crippen LogP contribution < -0.4 is 15.4 Å². The zero-order valence-electron chi connectivity index (χ0n) is 15.1. The first-order valence-corrected chi connectivity index (χ1v) is 8.78. The Balaban J connectivity index is 1.55. The van der Waals surface area contributed by atoms with Crippen LogP contribution in [0.5, 0.6) is 5.75 Å². The first-order chi connectivity index (χ1) is 12.7. The topological polar surface area (TPSA) is 63.2 Å². The average molecular weight is 349 g/mol. The summed E-state index contributed by atoms with van der Waals surface area (Å²) in [6, 6.07) is 15.5. The van der Waals surface area contributed by atoms with Crippen LogP contribution in [0.1, 0.15) is 18.1 Å². The highest BCUT2D eigenvalue weighted by Crippen LogP contribution is 2.22. The van der Waals surface area contributed by atoms with Crippen molar-refractivity contribution in [1.29, 1.82) is 0 Å². The number of hydrogen-bond donors (Lipinski definition) is 2. The van der Waals surface area contributed by atoms with E-state index in [0.717, 1.165) is 39.9 Å². The van der Waals surface area contributed by atoms with Crippen LogP contribution in [-0.4, -0.2) is 24.2 Å². The Labute approximate surface area is 153 Å². The third kappa shape index (κ3) is 4.30. The average Bonchev–Trinajstić information content (AvgIpc) is 2.64. The molecule has 5 nitrogen and oxygen atoms in total. The van der Waals surface area contributed by atoms with Gasteiger partial charge in [-0.1, -0.05) is 24.3 Å². The number of aryl methyl sites for hydroxylation is 1. The number of carbonyl (C=O) groups is 1. The van der Waals surface area contributed by atoms with Crippen molar-refractivity contribution < 1.29 is 9.53 Å². The van der Waals surface area contributed by atoms with E-state index >= 15 is 0 Å². The molecule has 0 aliphatic rings.